The van der Waals surface area contributed by atoms with Crippen molar-refractivity contribution in [1.82, 2.24) is 0 Å². The summed E-state index contributed by atoms with van der Waals surface area (Å²) >= 11 is 0. The van der Waals surface area contributed by atoms with Gasteiger partial charge in [-0.2, -0.15) is 0 Å². The van der Waals surface area contributed by atoms with E-state index < -0.39 is 15.8 Å². The van der Waals surface area contributed by atoms with Gasteiger partial charge in [0, 0.05) is 11.6 Å². The van der Waals surface area contributed by atoms with Crippen LogP contribution in [0.15, 0.2) is 66.1 Å². The first-order valence-corrected chi connectivity index (χ1v) is 11.5. The molecule has 0 bridgehead atoms. The SMILES string of the molecule is C=CC(=O)OCCCCCCCCS(=O)(=O)c1ccc(O)c(-c2ccccc2)c1. The number of ether oxygens (including phenoxy) is 1. The van der Waals surface area contributed by atoms with E-state index >= 15 is 0 Å². The number of hydrogen-bond acceptors (Lipinski definition) is 5. The average Bonchev–Trinajstić information content (AvgIpc) is 2.73. The first-order chi connectivity index (χ1) is 13.9. The summed E-state index contributed by atoms with van der Waals surface area (Å²) in [5.74, 6) is -0.253. The number of phenolic OH excluding ortho intramolecular Hbond substituents is 1. The minimum Gasteiger partial charge on any atom is -0.507 e. The third kappa shape index (κ3) is 7.38. The van der Waals surface area contributed by atoms with Crippen LogP contribution in [0.4, 0.5) is 0 Å². The fourth-order valence-corrected chi connectivity index (χ4v) is 4.40. The second kappa shape index (κ2) is 11.4. The Morgan fingerprint density at radius 1 is 0.966 bits per heavy atom. The maximum absolute atomic E-state index is 12.7. The fourth-order valence-electron chi connectivity index (χ4n) is 3.01. The number of benzene rings is 2. The molecule has 0 heterocycles. The quantitative estimate of drug-likeness (QED) is 0.302. The molecule has 0 amide bonds. The van der Waals surface area contributed by atoms with E-state index in [1.54, 1.807) is 6.07 Å². The van der Waals surface area contributed by atoms with Crippen LogP contribution in [-0.2, 0) is 19.4 Å². The van der Waals surface area contributed by atoms with Crippen molar-refractivity contribution in [2.75, 3.05) is 12.4 Å². The zero-order valence-electron chi connectivity index (χ0n) is 16.5. The Bertz CT molecular complexity index is 904. The van der Waals surface area contributed by atoms with Crippen molar-refractivity contribution in [1.29, 1.82) is 0 Å². The molecular formula is C23H28O5S. The smallest absolute Gasteiger partial charge is 0.330 e. The summed E-state index contributed by atoms with van der Waals surface area (Å²) in [5.41, 5.74) is 1.30. The molecule has 1 N–H and O–H groups in total. The number of rotatable bonds is 12. The molecule has 5 nitrogen and oxygen atoms in total. The number of esters is 1. The molecule has 29 heavy (non-hydrogen) atoms. The zero-order chi connectivity index (χ0) is 21.1. The van der Waals surface area contributed by atoms with Crippen molar-refractivity contribution in [3.8, 4) is 16.9 Å². The highest BCUT2D eigenvalue weighted by Crippen LogP contribution is 2.31. The van der Waals surface area contributed by atoms with Crippen LogP contribution in [0.5, 0.6) is 5.75 Å². The highest BCUT2D eigenvalue weighted by atomic mass is 32.2. The van der Waals surface area contributed by atoms with Gasteiger partial charge in [0.1, 0.15) is 5.75 Å². The van der Waals surface area contributed by atoms with Crippen molar-refractivity contribution in [2.45, 2.75) is 43.4 Å². The molecule has 0 saturated heterocycles. The van der Waals surface area contributed by atoms with Crippen molar-refractivity contribution < 1.29 is 23.1 Å². The van der Waals surface area contributed by atoms with Crippen molar-refractivity contribution in [3.05, 3.63) is 61.2 Å². The third-order valence-corrected chi connectivity index (χ3v) is 6.43. The van der Waals surface area contributed by atoms with E-state index in [9.17, 15) is 18.3 Å². The van der Waals surface area contributed by atoms with Crippen molar-refractivity contribution in [2.24, 2.45) is 0 Å². The molecule has 0 fully saturated rings. The van der Waals surface area contributed by atoms with Gasteiger partial charge in [0.15, 0.2) is 9.84 Å². The molecule has 2 rings (SSSR count). The molecule has 6 heteroatoms. The van der Waals surface area contributed by atoms with Crippen LogP contribution >= 0.6 is 0 Å². The van der Waals surface area contributed by atoms with Crippen LogP contribution < -0.4 is 0 Å². The summed E-state index contributed by atoms with van der Waals surface area (Å²) in [6.07, 6.45) is 6.23. The van der Waals surface area contributed by atoms with E-state index in [4.69, 9.17) is 4.74 Å². The predicted octanol–water partition coefficient (Wildman–Crippen LogP) is 4.90. The molecule has 0 aromatic heterocycles. The van der Waals surface area contributed by atoms with Gasteiger partial charge in [-0.25, -0.2) is 13.2 Å². The van der Waals surface area contributed by atoms with Gasteiger partial charge >= 0.3 is 5.97 Å². The highest BCUT2D eigenvalue weighted by molar-refractivity contribution is 7.91. The number of carbonyl (C=O) groups is 1. The van der Waals surface area contributed by atoms with Crippen LogP contribution in [-0.4, -0.2) is 31.9 Å². The largest absolute Gasteiger partial charge is 0.507 e. The summed E-state index contributed by atoms with van der Waals surface area (Å²) in [7, 11) is -3.40. The molecule has 156 valence electrons. The molecule has 0 radical (unpaired) electrons. The summed E-state index contributed by atoms with van der Waals surface area (Å²) in [4.78, 5) is 11.1. The van der Waals surface area contributed by atoms with Crippen LogP contribution in [0.3, 0.4) is 0 Å². The lowest BCUT2D eigenvalue weighted by Gasteiger charge is -2.09. The van der Waals surface area contributed by atoms with E-state index in [0.29, 0.717) is 18.6 Å². The first kappa shape index (κ1) is 22.7. The molecule has 0 atom stereocenters. The van der Waals surface area contributed by atoms with Gasteiger partial charge in [0.25, 0.3) is 0 Å². The van der Waals surface area contributed by atoms with E-state index in [1.807, 2.05) is 30.3 Å². The number of sulfone groups is 1. The lowest BCUT2D eigenvalue weighted by molar-refractivity contribution is -0.137. The number of aromatic hydroxyl groups is 1. The molecule has 2 aromatic rings. The molecular weight excluding hydrogens is 388 g/mol. The Morgan fingerprint density at radius 3 is 2.31 bits per heavy atom. The average molecular weight is 417 g/mol. The van der Waals surface area contributed by atoms with Gasteiger partial charge in [-0.15, -0.1) is 0 Å². The lowest BCUT2D eigenvalue weighted by Crippen LogP contribution is -2.07. The molecule has 0 aliphatic carbocycles. The normalized spacial score (nSPS) is 11.2. The Morgan fingerprint density at radius 2 is 1.62 bits per heavy atom. The minimum absolute atomic E-state index is 0.0638. The van der Waals surface area contributed by atoms with E-state index in [0.717, 1.165) is 43.7 Å². The number of phenols is 1. The van der Waals surface area contributed by atoms with E-state index in [1.165, 1.54) is 12.1 Å². The molecule has 0 saturated carbocycles. The van der Waals surface area contributed by atoms with Crippen LogP contribution in [0.2, 0.25) is 0 Å². The Kier molecular flexibility index (Phi) is 8.93. The van der Waals surface area contributed by atoms with Gasteiger partial charge in [-0.3, -0.25) is 0 Å². The van der Waals surface area contributed by atoms with E-state index in [2.05, 4.69) is 6.58 Å². The van der Waals surface area contributed by atoms with Gasteiger partial charge < -0.3 is 9.84 Å². The maximum Gasteiger partial charge on any atom is 0.330 e. The van der Waals surface area contributed by atoms with Gasteiger partial charge in [-0.1, -0.05) is 62.6 Å². The predicted molar refractivity (Wildman–Crippen MR) is 114 cm³/mol. The fraction of sp³-hybridized carbons (Fsp3) is 0.348. The number of carbonyl (C=O) groups excluding carboxylic acids is 1. The van der Waals surface area contributed by atoms with Gasteiger partial charge in [0.05, 0.1) is 17.3 Å². The van der Waals surface area contributed by atoms with Crippen LogP contribution in [0.1, 0.15) is 38.5 Å². The molecule has 2 aromatic carbocycles. The third-order valence-electron chi connectivity index (χ3n) is 4.63. The zero-order valence-corrected chi connectivity index (χ0v) is 17.4. The number of hydrogen-bond donors (Lipinski definition) is 1. The first-order valence-electron chi connectivity index (χ1n) is 9.84. The Hall–Kier alpha value is -2.60. The molecule has 0 aliphatic rings. The van der Waals surface area contributed by atoms with E-state index in [-0.39, 0.29) is 16.4 Å². The molecule has 0 unspecified atom stereocenters. The molecule has 0 spiro atoms. The van der Waals surface area contributed by atoms with Gasteiger partial charge in [-0.05, 0) is 36.6 Å². The Labute approximate surface area is 173 Å². The van der Waals surface area contributed by atoms with Crippen molar-refractivity contribution in [3.63, 3.8) is 0 Å². The highest BCUT2D eigenvalue weighted by Gasteiger charge is 2.16. The topological polar surface area (TPSA) is 80.7 Å². The standard InChI is InChI=1S/C23H28O5S/c1-2-23(25)28-16-10-5-3-4-6-11-17-29(26,27)20-14-15-22(24)21(18-20)19-12-8-7-9-13-19/h2,7-9,12-15,18,24H,1,3-6,10-11,16-17H2. The van der Waals surface area contributed by atoms with Gasteiger partial charge in [0.2, 0.25) is 0 Å². The Balaban J connectivity index is 1.79. The summed E-state index contributed by atoms with van der Waals surface area (Å²) in [6, 6.07) is 13.7. The number of unbranched alkanes of at least 4 members (excludes halogenated alkanes) is 5. The lowest BCUT2D eigenvalue weighted by atomic mass is 10.1. The minimum atomic E-state index is -3.40. The molecule has 0 aliphatic heterocycles. The monoisotopic (exact) mass is 416 g/mol. The second-order valence-corrected chi connectivity index (χ2v) is 8.97. The van der Waals surface area contributed by atoms with Crippen LogP contribution in [0, 0.1) is 0 Å². The van der Waals surface area contributed by atoms with Crippen molar-refractivity contribution >= 4 is 15.8 Å². The summed E-state index contributed by atoms with van der Waals surface area (Å²) in [6.45, 7) is 3.73. The second-order valence-electron chi connectivity index (χ2n) is 6.86. The summed E-state index contributed by atoms with van der Waals surface area (Å²) in [5, 5.41) is 10.1. The summed E-state index contributed by atoms with van der Waals surface area (Å²) < 4.78 is 30.2. The maximum atomic E-state index is 12.7. The van der Waals surface area contributed by atoms with Crippen LogP contribution in [0.25, 0.3) is 11.1 Å².